The smallest absolute Gasteiger partial charge is 0.321 e. The van der Waals surface area contributed by atoms with E-state index in [1.165, 1.54) is 0 Å². The number of H-pyrrole nitrogens is 2. The van der Waals surface area contributed by atoms with E-state index in [0.29, 0.717) is 26.8 Å². The summed E-state index contributed by atoms with van der Waals surface area (Å²) in [5.41, 5.74) is 2.10. The van der Waals surface area contributed by atoms with E-state index in [1.54, 1.807) is 36.7 Å². The number of imidazole rings is 1. The fourth-order valence-electron chi connectivity index (χ4n) is 1.85. The number of amides is 1. The van der Waals surface area contributed by atoms with E-state index in [2.05, 4.69) is 36.2 Å². The van der Waals surface area contributed by atoms with Crippen molar-refractivity contribution in [3.8, 4) is 0 Å². The molecule has 3 N–H and O–H groups in total. The summed E-state index contributed by atoms with van der Waals surface area (Å²) in [6, 6.07) is 6.67. The van der Waals surface area contributed by atoms with Crippen LogP contribution in [0.2, 0.25) is 0 Å². The third-order valence-electron chi connectivity index (χ3n) is 2.79. The van der Waals surface area contributed by atoms with E-state index in [1.807, 2.05) is 0 Å². The summed E-state index contributed by atoms with van der Waals surface area (Å²) >= 11 is 3.36. The number of pyridine rings is 1. The number of aromatic amines is 2. The number of hydrogen-bond donors (Lipinski definition) is 3. The second-order valence-corrected chi connectivity index (χ2v) is 5.00. The van der Waals surface area contributed by atoms with Gasteiger partial charge < -0.3 is 15.3 Å². The Kier molecular flexibility index (Phi) is 3.11. The summed E-state index contributed by atoms with van der Waals surface area (Å²) in [4.78, 5) is 32.5. The number of hydrogen-bond acceptors (Lipinski definition) is 3. The van der Waals surface area contributed by atoms with Crippen molar-refractivity contribution in [3.63, 3.8) is 0 Å². The highest BCUT2D eigenvalue weighted by atomic mass is 79.9. The molecule has 0 bridgehead atoms. The molecule has 0 spiro atoms. The van der Waals surface area contributed by atoms with Crippen molar-refractivity contribution in [2.45, 2.75) is 0 Å². The number of halogens is 1. The van der Waals surface area contributed by atoms with Crippen molar-refractivity contribution in [1.82, 2.24) is 15.0 Å². The predicted molar refractivity (Wildman–Crippen MR) is 78.8 cm³/mol. The molecule has 0 aliphatic heterocycles. The quantitative estimate of drug-likeness (QED) is 0.672. The van der Waals surface area contributed by atoms with Crippen molar-refractivity contribution in [1.29, 1.82) is 0 Å². The van der Waals surface area contributed by atoms with Gasteiger partial charge >= 0.3 is 5.69 Å². The molecule has 7 heteroatoms. The molecule has 0 aliphatic rings. The molecule has 0 fully saturated rings. The van der Waals surface area contributed by atoms with Crippen LogP contribution in [0, 0.1) is 0 Å². The summed E-state index contributed by atoms with van der Waals surface area (Å²) in [5, 5.41) is 2.78. The van der Waals surface area contributed by atoms with Crippen LogP contribution in [0.15, 0.2) is 45.9 Å². The molecule has 0 aliphatic carbocycles. The third kappa shape index (κ3) is 2.35. The van der Waals surface area contributed by atoms with E-state index < -0.39 is 0 Å². The normalized spacial score (nSPS) is 10.7. The molecule has 1 amide bonds. The summed E-state index contributed by atoms with van der Waals surface area (Å²) in [7, 11) is 0. The van der Waals surface area contributed by atoms with Crippen LogP contribution in [0.1, 0.15) is 10.4 Å². The molecule has 2 heterocycles. The van der Waals surface area contributed by atoms with Gasteiger partial charge in [0.25, 0.3) is 5.91 Å². The number of carbonyl (C=O) groups excluding carboxylic acids is 1. The van der Waals surface area contributed by atoms with Crippen LogP contribution in [0.4, 0.5) is 5.69 Å². The monoisotopic (exact) mass is 332 g/mol. The topological polar surface area (TPSA) is 90.6 Å². The molecule has 0 unspecified atom stereocenters. The first-order chi connectivity index (χ1) is 9.63. The Morgan fingerprint density at radius 3 is 2.50 bits per heavy atom. The molecule has 2 aromatic heterocycles. The first kappa shape index (κ1) is 12.6. The van der Waals surface area contributed by atoms with Gasteiger partial charge in [-0.25, -0.2) is 4.79 Å². The number of benzene rings is 1. The van der Waals surface area contributed by atoms with Gasteiger partial charge in [-0.15, -0.1) is 0 Å². The van der Waals surface area contributed by atoms with E-state index in [9.17, 15) is 9.59 Å². The van der Waals surface area contributed by atoms with Crippen LogP contribution < -0.4 is 11.0 Å². The van der Waals surface area contributed by atoms with Gasteiger partial charge in [-0.1, -0.05) is 0 Å². The lowest BCUT2D eigenvalue weighted by atomic mass is 10.2. The number of anilines is 1. The minimum Gasteiger partial charge on any atom is -0.321 e. The predicted octanol–water partition coefficient (Wildman–Crippen LogP) is 2.27. The molecule has 1 aromatic carbocycles. The van der Waals surface area contributed by atoms with Crippen LogP contribution in [-0.2, 0) is 0 Å². The largest absolute Gasteiger partial charge is 0.323 e. The number of carbonyl (C=O) groups is 1. The molecule has 3 rings (SSSR count). The third-order valence-corrected chi connectivity index (χ3v) is 3.45. The van der Waals surface area contributed by atoms with Crippen molar-refractivity contribution < 1.29 is 4.79 Å². The summed E-state index contributed by atoms with van der Waals surface area (Å²) in [6.07, 6.45) is 3.10. The lowest BCUT2D eigenvalue weighted by Crippen LogP contribution is -2.12. The van der Waals surface area contributed by atoms with Crippen LogP contribution in [-0.4, -0.2) is 20.9 Å². The van der Waals surface area contributed by atoms with Crippen molar-refractivity contribution in [3.05, 3.63) is 57.2 Å². The van der Waals surface area contributed by atoms with Gasteiger partial charge in [-0.2, -0.15) is 0 Å². The van der Waals surface area contributed by atoms with E-state index in [0.717, 1.165) is 0 Å². The summed E-state index contributed by atoms with van der Waals surface area (Å²) < 4.78 is 0.683. The van der Waals surface area contributed by atoms with Gasteiger partial charge in [-0.05, 0) is 40.2 Å². The van der Waals surface area contributed by atoms with Gasteiger partial charge in [0.15, 0.2) is 0 Å². The minimum absolute atomic E-state index is 0.245. The average Bonchev–Trinajstić information content (AvgIpc) is 2.79. The zero-order chi connectivity index (χ0) is 14.1. The fourth-order valence-corrected chi connectivity index (χ4v) is 2.29. The van der Waals surface area contributed by atoms with Crippen molar-refractivity contribution in [2.75, 3.05) is 5.32 Å². The Morgan fingerprint density at radius 1 is 1.15 bits per heavy atom. The van der Waals surface area contributed by atoms with Gasteiger partial charge in [0.05, 0.1) is 16.7 Å². The fraction of sp³-hybridized carbons (Fsp3) is 0. The molecule has 0 saturated heterocycles. The molecule has 3 aromatic rings. The molecule has 6 nitrogen and oxygen atoms in total. The summed E-state index contributed by atoms with van der Waals surface area (Å²) in [6.45, 7) is 0. The number of aromatic nitrogens is 3. The van der Waals surface area contributed by atoms with E-state index >= 15 is 0 Å². The average molecular weight is 333 g/mol. The molecular formula is C13H9BrN4O2. The highest BCUT2D eigenvalue weighted by molar-refractivity contribution is 9.10. The van der Waals surface area contributed by atoms with Crippen LogP contribution in [0.25, 0.3) is 11.0 Å². The maximum atomic E-state index is 12.1. The Bertz CT molecular complexity index is 838. The van der Waals surface area contributed by atoms with E-state index in [4.69, 9.17) is 0 Å². The lowest BCUT2D eigenvalue weighted by Gasteiger charge is -2.07. The zero-order valence-corrected chi connectivity index (χ0v) is 11.7. The van der Waals surface area contributed by atoms with Crippen LogP contribution >= 0.6 is 15.9 Å². The number of fused-ring (bicyclic) bond motifs is 1. The maximum Gasteiger partial charge on any atom is 0.323 e. The van der Waals surface area contributed by atoms with Gasteiger partial charge in [0, 0.05) is 22.4 Å². The zero-order valence-electron chi connectivity index (χ0n) is 10.1. The first-order valence-electron chi connectivity index (χ1n) is 5.76. The number of rotatable bonds is 2. The number of nitrogens with one attached hydrogen (secondary N) is 3. The van der Waals surface area contributed by atoms with E-state index in [-0.39, 0.29) is 11.6 Å². The number of nitrogens with zero attached hydrogens (tertiary/aromatic N) is 1. The highest BCUT2D eigenvalue weighted by Crippen LogP contribution is 2.26. The standard InChI is InChI=1S/C13H9BrN4O2/c14-8-5-10-11(18-13(20)17-10)6-9(8)16-12(19)7-1-3-15-4-2-7/h1-6H,(H,16,19)(H2,17,18,20). The van der Waals surface area contributed by atoms with Crippen molar-refractivity contribution in [2.24, 2.45) is 0 Å². The molecule has 0 radical (unpaired) electrons. The first-order valence-corrected chi connectivity index (χ1v) is 6.56. The Balaban J connectivity index is 1.96. The molecule has 0 saturated carbocycles. The minimum atomic E-state index is -0.287. The molecule has 100 valence electrons. The Labute approximate surface area is 121 Å². The molecular weight excluding hydrogens is 324 g/mol. The maximum absolute atomic E-state index is 12.1. The SMILES string of the molecule is O=C(Nc1cc2[nH]c(=O)[nH]c2cc1Br)c1ccncc1. The lowest BCUT2D eigenvalue weighted by molar-refractivity contribution is 0.102. The van der Waals surface area contributed by atoms with Crippen molar-refractivity contribution >= 4 is 38.6 Å². The molecule has 20 heavy (non-hydrogen) atoms. The van der Waals surface area contributed by atoms with Gasteiger partial charge in [0.2, 0.25) is 0 Å². The second kappa shape index (κ2) is 4.93. The highest BCUT2D eigenvalue weighted by Gasteiger charge is 2.10. The van der Waals surface area contributed by atoms with Gasteiger partial charge in [-0.3, -0.25) is 9.78 Å². The van der Waals surface area contributed by atoms with Crippen LogP contribution in [0.5, 0.6) is 0 Å². The summed E-state index contributed by atoms with van der Waals surface area (Å²) in [5.74, 6) is -0.245. The Morgan fingerprint density at radius 2 is 1.80 bits per heavy atom. The van der Waals surface area contributed by atoms with Gasteiger partial charge in [0.1, 0.15) is 0 Å². The van der Waals surface area contributed by atoms with Crippen LogP contribution in [0.3, 0.4) is 0 Å². The molecule has 0 atom stereocenters. The second-order valence-electron chi connectivity index (χ2n) is 4.15. The Hall–Kier alpha value is -2.41.